The molecular formula is C11H14Cl2N2O. The zero-order chi connectivity index (χ0) is 12.1. The number of amides is 1. The minimum Gasteiger partial charge on any atom is -0.326 e. The summed E-state index contributed by atoms with van der Waals surface area (Å²) in [5, 5.41) is 6.71. The van der Waals surface area contributed by atoms with Crippen molar-refractivity contribution in [2.45, 2.75) is 6.92 Å². The van der Waals surface area contributed by atoms with Crippen LogP contribution < -0.4 is 10.6 Å². The van der Waals surface area contributed by atoms with E-state index in [1.165, 1.54) is 0 Å². The molecular weight excluding hydrogens is 247 g/mol. The van der Waals surface area contributed by atoms with Gasteiger partial charge in [-0.15, -0.1) is 0 Å². The zero-order valence-electron chi connectivity index (χ0n) is 9.18. The lowest BCUT2D eigenvalue weighted by Gasteiger charge is -2.11. The first kappa shape index (κ1) is 13.3. The highest BCUT2D eigenvalue weighted by atomic mass is 35.5. The number of benzene rings is 1. The molecule has 0 saturated heterocycles. The quantitative estimate of drug-likeness (QED) is 0.875. The molecule has 0 aliphatic heterocycles. The van der Waals surface area contributed by atoms with Gasteiger partial charge < -0.3 is 10.6 Å². The predicted octanol–water partition coefficient (Wildman–Crippen LogP) is 2.79. The monoisotopic (exact) mass is 260 g/mol. The molecule has 3 nitrogen and oxygen atoms in total. The van der Waals surface area contributed by atoms with Crippen molar-refractivity contribution in [2.24, 2.45) is 5.92 Å². The summed E-state index contributed by atoms with van der Waals surface area (Å²) in [6.45, 7) is 2.47. The topological polar surface area (TPSA) is 41.1 Å². The van der Waals surface area contributed by atoms with Gasteiger partial charge in [-0.2, -0.15) is 0 Å². The van der Waals surface area contributed by atoms with Gasteiger partial charge in [0.05, 0.1) is 0 Å². The fourth-order valence-corrected chi connectivity index (χ4v) is 1.82. The summed E-state index contributed by atoms with van der Waals surface area (Å²) in [6.07, 6.45) is 0. The van der Waals surface area contributed by atoms with Gasteiger partial charge in [-0.05, 0) is 25.2 Å². The zero-order valence-corrected chi connectivity index (χ0v) is 10.7. The average Bonchev–Trinajstić information content (AvgIpc) is 2.16. The Bertz CT molecular complexity index is 362. The average molecular weight is 261 g/mol. The second-order valence-electron chi connectivity index (χ2n) is 3.61. The van der Waals surface area contributed by atoms with Gasteiger partial charge >= 0.3 is 0 Å². The maximum absolute atomic E-state index is 11.7. The van der Waals surface area contributed by atoms with Crippen LogP contribution >= 0.6 is 23.2 Å². The van der Waals surface area contributed by atoms with Crippen molar-refractivity contribution in [3.8, 4) is 0 Å². The Kier molecular flexibility index (Phi) is 5.06. The summed E-state index contributed by atoms with van der Waals surface area (Å²) in [7, 11) is 1.81. The van der Waals surface area contributed by atoms with Crippen molar-refractivity contribution in [3.05, 3.63) is 28.2 Å². The molecule has 5 heteroatoms. The van der Waals surface area contributed by atoms with E-state index in [-0.39, 0.29) is 11.8 Å². The molecule has 0 aliphatic rings. The summed E-state index contributed by atoms with van der Waals surface area (Å²) in [6, 6.07) is 4.95. The molecule has 0 spiro atoms. The molecule has 2 N–H and O–H groups in total. The largest absolute Gasteiger partial charge is 0.326 e. The lowest BCUT2D eigenvalue weighted by Crippen LogP contribution is -2.28. The molecule has 0 aromatic heterocycles. The van der Waals surface area contributed by atoms with E-state index in [4.69, 9.17) is 23.2 Å². The fraction of sp³-hybridized carbons (Fsp3) is 0.364. The van der Waals surface area contributed by atoms with Crippen molar-refractivity contribution in [2.75, 3.05) is 18.9 Å². The van der Waals surface area contributed by atoms with Crippen LogP contribution in [0.5, 0.6) is 0 Å². The number of anilines is 1. The number of nitrogens with one attached hydrogen (secondary N) is 2. The fourth-order valence-electron chi connectivity index (χ4n) is 1.29. The van der Waals surface area contributed by atoms with Crippen molar-refractivity contribution >= 4 is 34.8 Å². The van der Waals surface area contributed by atoms with Gasteiger partial charge in [0.2, 0.25) is 5.91 Å². The Hall–Kier alpha value is -0.770. The highest BCUT2D eigenvalue weighted by molar-refractivity contribution is 6.35. The standard InChI is InChI=1S/C11H14Cl2N2O/c1-7(6-14-2)11(16)15-10-4-8(12)3-9(13)5-10/h3-5,7,14H,6H2,1-2H3,(H,15,16). The molecule has 0 saturated carbocycles. The maximum Gasteiger partial charge on any atom is 0.228 e. The minimum atomic E-state index is -0.109. The van der Waals surface area contributed by atoms with Crippen LogP contribution in [0, 0.1) is 5.92 Å². The third kappa shape index (κ3) is 4.00. The molecule has 88 valence electrons. The Morgan fingerprint density at radius 2 is 1.88 bits per heavy atom. The third-order valence-electron chi connectivity index (χ3n) is 2.09. The normalized spacial score (nSPS) is 12.2. The van der Waals surface area contributed by atoms with E-state index < -0.39 is 0 Å². The van der Waals surface area contributed by atoms with E-state index >= 15 is 0 Å². The van der Waals surface area contributed by atoms with Crippen LogP contribution in [0.4, 0.5) is 5.69 Å². The van der Waals surface area contributed by atoms with Gasteiger partial charge in [-0.1, -0.05) is 30.1 Å². The molecule has 0 radical (unpaired) electrons. The molecule has 1 aromatic carbocycles. The summed E-state index contributed by atoms with van der Waals surface area (Å²) < 4.78 is 0. The lowest BCUT2D eigenvalue weighted by atomic mass is 10.1. The molecule has 1 aromatic rings. The minimum absolute atomic E-state index is 0.0623. The van der Waals surface area contributed by atoms with Crippen LogP contribution in [0.15, 0.2) is 18.2 Å². The Labute approximate surface area is 105 Å². The van der Waals surface area contributed by atoms with Gasteiger partial charge in [-0.3, -0.25) is 4.79 Å². The summed E-state index contributed by atoms with van der Waals surface area (Å²) in [5.41, 5.74) is 0.616. The summed E-state index contributed by atoms with van der Waals surface area (Å²) >= 11 is 11.7. The first-order valence-corrected chi connectivity index (χ1v) is 5.70. The molecule has 0 heterocycles. The van der Waals surface area contributed by atoms with E-state index in [2.05, 4.69) is 10.6 Å². The van der Waals surface area contributed by atoms with E-state index in [0.717, 1.165) is 0 Å². The van der Waals surface area contributed by atoms with Crippen LogP contribution in [-0.2, 0) is 4.79 Å². The van der Waals surface area contributed by atoms with Gasteiger partial charge in [0.25, 0.3) is 0 Å². The van der Waals surface area contributed by atoms with Crippen LogP contribution in [0.25, 0.3) is 0 Å². The third-order valence-corrected chi connectivity index (χ3v) is 2.52. The number of hydrogen-bond acceptors (Lipinski definition) is 2. The molecule has 1 unspecified atom stereocenters. The Balaban J connectivity index is 2.69. The van der Waals surface area contributed by atoms with Gasteiger partial charge in [0.1, 0.15) is 0 Å². The summed E-state index contributed by atoms with van der Waals surface area (Å²) in [5.74, 6) is -0.171. The van der Waals surface area contributed by atoms with Crippen molar-refractivity contribution in [3.63, 3.8) is 0 Å². The molecule has 1 atom stereocenters. The van der Waals surface area contributed by atoms with Crippen molar-refractivity contribution in [1.82, 2.24) is 5.32 Å². The predicted molar refractivity (Wildman–Crippen MR) is 68.2 cm³/mol. The van der Waals surface area contributed by atoms with Crippen LogP contribution in [0.3, 0.4) is 0 Å². The van der Waals surface area contributed by atoms with Gasteiger partial charge in [0.15, 0.2) is 0 Å². The van der Waals surface area contributed by atoms with Gasteiger partial charge in [0, 0.05) is 28.2 Å². The lowest BCUT2D eigenvalue weighted by molar-refractivity contribution is -0.119. The van der Waals surface area contributed by atoms with E-state index in [1.54, 1.807) is 25.2 Å². The SMILES string of the molecule is CNCC(C)C(=O)Nc1cc(Cl)cc(Cl)c1. The molecule has 1 amide bonds. The Morgan fingerprint density at radius 1 is 1.31 bits per heavy atom. The highest BCUT2D eigenvalue weighted by Gasteiger charge is 2.12. The van der Waals surface area contributed by atoms with E-state index in [1.807, 2.05) is 6.92 Å². The van der Waals surface area contributed by atoms with Gasteiger partial charge in [-0.25, -0.2) is 0 Å². The van der Waals surface area contributed by atoms with Crippen LogP contribution in [-0.4, -0.2) is 19.5 Å². The second kappa shape index (κ2) is 6.09. The highest BCUT2D eigenvalue weighted by Crippen LogP contribution is 2.22. The van der Waals surface area contributed by atoms with Crippen LogP contribution in [0.2, 0.25) is 10.0 Å². The molecule has 0 fully saturated rings. The molecule has 1 rings (SSSR count). The first-order valence-electron chi connectivity index (χ1n) is 4.94. The van der Waals surface area contributed by atoms with Crippen LogP contribution in [0.1, 0.15) is 6.92 Å². The van der Waals surface area contributed by atoms with Crippen molar-refractivity contribution in [1.29, 1.82) is 0 Å². The second-order valence-corrected chi connectivity index (χ2v) is 4.48. The van der Waals surface area contributed by atoms with Crippen molar-refractivity contribution < 1.29 is 4.79 Å². The van der Waals surface area contributed by atoms with E-state index in [0.29, 0.717) is 22.3 Å². The number of hydrogen-bond donors (Lipinski definition) is 2. The Morgan fingerprint density at radius 3 is 2.38 bits per heavy atom. The van der Waals surface area contributed by atoms with E-state index in [9.17, 15) is 4.79 Å². The number of halogens is 2. The molecule has 16 heavy (non-hydrogen) atoms. The smallest absolute Gasteiger partial charge is 0.228 e. The first-order chi connectivity index (χ1) is 7.52. The number of carbonyl (C=O) groups excluding carboxylic acids is 1. The maximum atomic E-state index is 11.7. The molecule has 0 aliphatic carbocycles. The summed E-state index contributed by atoms with van der Waals surface area (Å²) in [4.78, 5) is 11.7. The number of rotatable bonds is 4. The molecule has 0 bridgehead atoms. The number of carbonyl (C=O) groups is 1.